The number of hydrogen-bond acceptors (Lipinski definition) is 6. The van der Waals surface area contributed by atoms with Gasteiger partial charge >= 0.3 is 0 Å². The summed E-state index contributed by atoms with van der Waals surface area (Å²) in [5.74, 6) is 0.325. The van der Waals surface area contributed by atoms with Gasteiger partial charge < -0.3 is 14.2 Å². The van der Waals surface area contributed by atoms with Crippen molar-refractivity contribution in [2.45, 2.75) is 25.5 Å². The molecule has 22 heavy (non-hydrogen) atoms. The van der Waals surface area contributed by atoms with Crippen molar-refractivity contribution in [1.82, 2.24) is 14.4 Å². The molecule has 1 aromatic rings. The van der Waals surface area contributed by atoms with Crippen LogP contribution in [-0.2, 0) is 14.8 Å². The van der Waals surface area contributed by atoms with Crippen LogP contribution in [0.15, 0.2) is 10.6 Å². The Balaban J connectivity index is 1.79. The van der Waals surface area contributed by atoms with E-state index >= 15 is 0 Å². The van der Waals surface area contributed by atoms with E-state index in [2.05, 4.69) is 5.16 Å². The fourth-order valence-corrected chi connectivity index (χ4v) is 4.17. The van der Waals surface area contributed by atoms with Crippen molar-refractivity contribution in [3.05, 3.63) is 17.5 Å². The molecule has 0 bridgehead atoms. The van der Waals surface area contributed by atoms with E-state index in [-0.39, 0.29) is 23.7 Å². The monoisotopic (exact) mass is 329 g/mol. The van der Waals surface area contributed by atoms with Gasteiger partial charge in [-0.3, -0.25) is 4.79 Å². The second-order valence-corrected chi connectivity index (χ2v) is 7.65. The van der Waals surface area contributed by atoms with Crippen molar-refractivity contribution in [3.63, 3.8) is 0 Å². The first kappa shape index (κ1) is 15.4. The minimum atomic E-state index is -3.32. The number of nitrogens with zero attached hydrogens (tertiary/aromatic N) is 3. The Morgan fingerprint density at radius 1 is 1.41 bits per heavy atom. The smallest absolute Gasteiger partial charge is 0.276 e. The molecule has 2 fully saturated rings. The highest BCUT2D eigenvalue weighted by Crippen LogP contribution is 2.25. The first-order valence-electron chi connectivity index (χ1n) is 7.17. The van der Waals surface area contributed by atoms with Crippen LogP contribution >= 0.6 is 0 Å². The van der Waals surface area contributed by atoms with Crippen LogP contribution in [0.4, 0.5) is 0 Å². The fraction of sp³-hybridized carbons (Fsp3) is 0.692. The summed E-state index contributed by atoms with van der Waals surface area (Å²) in [6, 6.07) is 1.24. The van der Waals surface area contributed by atoms with Gasteiger partial charge in [0.15, 0.2) is 5.69 Å². The third kappa shape index (κ3) is 2.88. The molecule has 3 rings (SSSR count). The molecule has 0 N–H and O–H groups in total. The number of likely N-dealkylation sites (tertiary alicyclic amines) is 1. The van der Waals surface area contributed by atoms with Gasteiger partial charge in [0, 0.05) is 25.7 Å². The molecule has 3 heterocycles. The van der Waals surface area contributed by atoms with E-state index in [4.69, 9.17) is 9.26 Å². The number of amides is 1. The van der Waals surface area contributed by atoms with Crippen LogP contribution in [0.25, 0.3) is 0 Å². The molecule has 0 aliphatic carbocycles. The molecular weight excluding hydrogens is 310 g/mol. The van der Waals surface area contributed by atoms with Crippen molar-refractivity contribution in [2.24, 2.45) is 0 Å². The van der Waals surface area contributed by atoms with Crippen LogP contribution in [-0.4, -0.2) is 73.3 Å². The van der Waals surface area contributed by atoms with Gasteiger partial charge in [0.05, 0.1) is 25.0 Å². The summed E-state index contributed by atoms with van der Waals surface area (Å²) in [5.41, 5.74) is 0.249. The van der Waals surface area contributed by atoms with Crippen LogP contribution < -0.4 is 0 Å². The highest BCUT2D eigenvalue weighted by atomic mass is 32.2. The lowest BCUT2D eigenvalue weighted by Crippen LogP contribution is -2.61. The maximum atomic E-state index is 12.4. The molecule has 2 aliphatic rings. The quantitative estimate of drug-likeness (QED) is 0.750. The fourth-order valence-electron chi connectivity index (χ4n) is 3.07. The topological polar surface area (TPSA) is 93.0 Å². The molecule has 122 valence electrons. The van der Waals surface area contributed by atoms with Gasteiger partial charge in [0.1, 0.15) is 5.76 Å². The Morgan fingerprint density at radius 2 is 2.18 bits per heavy atom. The Morgan fingerprint density at radius 3 is 2.82 bits per heavy atom. The Hall–Kier alpha value is -1.45. The summed E-state index contributed by atoms with van der Waals surface area (Å²) in [6.45, 7) is 3.26. The molecule has 2 aliphatic heterocycles. The Kier molecular flexibility index (Phi) is 3.96. The van der Waals surface area contributed by atoms with E-state index in [0.29, 0.717) is 38.4 Å². The van der Waals surface area contributed by atoms with Crippen LogP contribution in [0, 0.1) is 6.92 Å². The zero-order valence-electron chi connectivity index (χ0n) is 12.6. The molecule has 2 saturated heterocycles. The van der Waals surface area contributed by atoms with Gasteiger partial charge in [-0.1, -0.05) is 5.16 Å². The minimum Gasteiger partial charge on any atom is -0.375 e. The zero-order chi connectivity index (χ0) is 15.9. The lowest BCUT2D eigenvalue weighted by Gasteiger charge is -2.45. The summed E-state index contributed by atoms with van der Waals surface area (Å²) < 4.78 is 35.9. The second kappa shape index (κ2) is 5.64. The maximum absolute atomic E-state index is 12.4. The lowest BCUT2D eigenvalue weighted by atomic mass is 10.0. The minimum absolute atomic E-state index is 0.161. The average Bonchev–Trinajstić information content (AvgIpc) is 2.91. The SMILES string of the molecule is Cc1cc(C(=O)N2CC[C@@H]3OCCN(S(C)(=O)=O)[C@H]3C2)no1. The number of carbonyl (C=O) groups is 1. The summed E-state index contributed by atoms with van der Waals surface area (Å²) in [4.78, 5) is 14.1. The van der Waals surface area contributed by atoms with Crippen LogP contribution in [0.2, 0.25) is 0 Å². The number of hydrogen-bond donors (Lipinski definition) is 0. The molecule has 0 saturated carbocycles. The first-order chi connectivity index (χ1) is 10.4. The van der Waals surface area contributed by atoms with Crippen molar-refractivity contribution in [3.8, 4) is 0 Å². The molecule has 0 spiro atoms. The van der Waals surface area contributed by atoms with E-state index in [0.717, 1.165) is 0 Å². The van der Waals surface area contributed by atoms with Gasteiger partial charge in [-0.2, -0.15) is 4.31 Å². The third-order valence-corrected chi connectivity index (χ3v) is 5.40. The second-order valence-electron chi connectivity index (χ2n) is 5.71. The summed E-state index contributed by atoms with van der Waals surface area (Å²) in [6.07, 6.45) is 1.64. The predicted molar refractivity (Wildman–Crippen MR) is 76.8 cm³/mol. The van der Waals surface area contributed by atoms with Crippen LogP contribution in [0.1, 0.15) is 22.7 Å². The van der Waals surface area contributed by atoms with Crippen LogP contribution in [0.3, 0.4) is 0 Å². The largest absolute Gasteiger partial charge is 0.375 e. The van der Waals surface area contributed by atoms with E-state index in [1.54, 1.807) is 17.9 Å². The van der Waals surface area contributed by atoms with Gasteiger partial charge in [-0.15, -0.1) is 0 Å². The van der Waals surface area contributed by atoms with E-state index < -0.39 is 10.0 Å². The molecular formula is C13H19N3O5S. The number of rotatable bonds is 2. The number of sulfonamides is 1. The van der Waals surface area contributed by atoms with Crippen LogP contribution in [0.5, 0.6) is 0 Å². The predicted octanol–water partition coefficient (Wildman–Crippen LogP) is -0.142. The summed E-state index contributed by atoms with van der Waals surface area (Å²) in [5, 5.41) is 3.73. The number of piperidine rings is 1. The first-order valence-corrected chi connectivity index (χ1v) is 9.02. The summed E-state index contributed by atoms with van der Waals surface area (Å²) >= 11 is 0. The third-order valence-electron chi connectivity index (χ3n) is 4.09. The highest BCUT2D eigenvalue weighted by molar-refractivity contribution is 7.88. The Bertz CT molecular complexity index is 671. The standard InChI is InChI=1S/C13H19N3O5S/c1-9-7-10(14-21-9)13(17)15-4-3-12-11(8-15)16(5-6-20-12)22(2,18)19/h7,11-12H,3-6,8H2,1-2H3/t11-,12-/m0/s1. The average molecular weight is 329 g/mol. The zero-order valence-corrected chi connectivity index (χ0v) is 13.4. The number of carbonyl (C=O) groups excluding carboxylic acids is 1. The van der Waals surface area contributed by atoms with Crippen molar-refractivity contribution in [2.75, 3.05) is 32.5 Å². The number of fused-ring (bicyclic) bond motifs is 1. The van der Waals surface area contributed by atoms with Crippen molar-refractivity contribution < 1.29 is 22.5 Å². The molecule has 0 unspecified atom stereocenters. The molecule has 2 atom stereocenters. The molecule has 0 aromatic carbocycles. The molecule has 0 radical (unpaired) electrons. The lowest BCUT2D eigenvalue weighted by molar-refractivity contribution is -0.0705. The Labute approximate surface area is 129 Å². The number of morpholine rings is 1. The van der Waals surface area contributed by atoms with Gasteiger partial charge in [-0.05, 0) is 13.3 Å². The number of ether oxygens (including phenoxy) is 1. The highest BCUT2D eigenvalue weighted by Gasteiger charge is 2.42. The van der Waals surface area contributed by atoms with E-state index in [1.807, 2.05) is 0 Å². The molecule has 9 heteroatoms. The van der Waals surface area contributed by atoms with Gasteiger partial charge in [-0.25, -0.2) is 8.42 Å². The molecule has 1 aromatic heterocycles. The number of aromatic nitrogens is 1. The summed E-state index contributed by atoms with van der Waals surface area (Å²) in [7, 11) is -3.32. The normalized spacial score (nSPS) is 26.7. The molecule has 1 amide bonds. The van der Waals surface area contributed by atoms with Gasteiger partial charge in [0.2, 0.25) is 10.0 Å². The molecule has 8 nitrogen and oxygen atoms in total. The van der Waals surface area contributed by atoms with E-state index in [1.165, 1.54) is 10.6 Å². The van der Waals surface area contributed by atoms with Crippen molar-refractivity contribution >= 4 is 15.9 Å². The van der Waals surface area contributed by atoms with E-state index in [9.17, 15) is 13.2 Å². The van der Waals surface area contributed by atoms with Crippen molar-refractivity contribution in [1.29, 1.82) is 0 Å². The maximum Gasteiger partial charge on any atom is 0.276 e. The number of aryl methyl sites for hydroxylation is 1. The van der Waals surface area contributed by atoms with Gasteiger partial charge in [0.25, 0.3) is 5.91 Å².